The Morgan fingerprint density at radius 2 is 1.80 bits per heavy atom. The Labute approximate surface area is 145 Å². The molecule has 0 spiro atoms. The molecule has 2 aromatic carbocycles. The van der Waals surface area contributed by atoms with Crippen LogP contribution in [-0.4, -0.2) is 4.92 Å². The van der Waals surface area contributed by atoms with Crippen molar-refractivity contribution >= 4 is 28.3 Å². The fraction of sp³-hybridized carbons (Fsp3) is 0.150. The molecule has 124 valence electrons. The van der Waals surface area contributed by atoms with Gasteiger partial charge in [0, 0.05) is 23.1 Å². The van der Waals surface area contributed by atoms with E-state index in [1.807, 2.05) is 26.8 Å². The van der Waals surface area contributed by atoms with E-state index in [2.05, 4.69) is 12.1 Å². The van der Waals surface area contributed by atoms with Crippen LogP contribution in [0.1, 0.15) is 28.0 Å². The van der Waals surface area contributed by atoms with Crippen LogP contribution in [0.2, 0.25) is 0 Å². The van der Waals surface area contributed by atoms with Crippen molar-refractivity contribution < 1.29 is 9.34 Å². The molecule has 3 aromatic rings. The monoisotopic (exact) mass is 332 g/mol. The highest BCUT2D eigenvalue weighted by Gasteiger charge is 2.12. The van der Waals surface area contributed by atoms with Crippen LogP contribution in [0, 0.1) is 42.2 Å². The lowest BCUT2D eigenvalue weighted by Gasteiger charge is -1.99. The summed E-state index contributed by atoms with van der Waals surface area (Å²) in [5.41, 5.74) is 5.08. The standard InChI is InChI=1S/C20H16N2O3/c1-12-8-18-14(3)19(25-20(18)9-13(12)2)10-16(11-21)15-4-6-17(7-5-15)22(23)24/h4-10H,1-3H3/b16-10+. The van der Waals surface area contributed by atoms with Gasteiger partial charge in [-0.25, -0.2) is 0 Å². The highest BCUT2D eigenvalue weighted by atomic mass is 16.6. The molecule has 0 aliphatic rings. The highest BCUT2D eigenvalue weighted by Crippen LogP contribution is 2.30. The van der Waals surface area contributed by atoms with E-state index in [0.29, 0.717) is 16.9 Å². The first-order valence-electron chi connectivity index (χ1n) is 7.77. The smallest absolute Gasteiger partial charge is 0.269 e. The Hall–Kier alpha value is -3.39. The number of furan rings is 1. The first-order valence-corrected chi connectivity index (χ1v) is 7.77. The van der Waals surface area contributed by atoms with Crippen LogP contribution in [0.5, 0.6) is 0 Å². The molecule has 3 rings (SSSR count). The summed E-state index contributed by atoms with van der Waals surface area (Å²) in [5.74, 6) is 0.620. The van der Waals surface area contributed by atoms with Gasteiger partial charge in [-0.2, -0.15) is 5.26 Å². The Kier molecular flexibility index (Phi) is 4.12. The fourth-order valence-corrected chi connectivity index (χ4v) is 2.71. The largest absolute Gasteiger partial charge is 0.456 e. The lowest BCUT2D eigenvalue weighted by Crippen LogP contribution is -1.88. The predicted octanol–water partition coefficient (Wildman–Crippen LogP) is 5.33. The topological polar surface area (TPSA) is 80.1 Å². The van der Waals surface area contributed by atoms with Gasteiger partial charge in [0.05, 0.1) is 16.6 Å². The van der Waals surface area contributed by atoms with Crippen molar-refractivity contribution in [2.45, 2.75) is 20.8 Å². The second-order valence-electron chi connectivity index (χ2n) is 6.00. The lowest BCUT2D eigenvalue weighted by atomic mass is 10.0. The van der Waals surface area contributed by atoms with Gasteiger partial charge >= 0.3 is 0 Å². The molecule has 0 aliphatic heterocycles. The van der Waals surface area contributed by atoms with Crippen LogP contribution < -0.4 is 0 Å². The maximum Gasteiger partial charge on any atom is 0.269 e. The van der Waals surface area contributed by atoms with Gasteiger partial charge in [0.1, 0.15) is 11.3 Å². The number of nitro groups is 1. The average Bonchev–Trinajstić information content (AvgIpc) is 2.88. The molecule has 0 radical (unpaired) electrons. The molecular formula is C20H16N2O3. The van der Waals surface area contributed by atoms with Gasteiger partial charge in [-0.1, -0.05) is 0 Å². The molecule has 0 saturated heterocycles. The van der Waals surface area contributed by atoms with E-state index in [-0.39, 0.29) is 5.69 Å². The zero-order chi connectivity index (χ0) is 18.1. The zero-order valence-corrected chi connectivity index (χ0v) is 14.2. The number of rotatable bonds is 3. The van der Waals surface area contributed by atoms with Gasteiger partial charge in [-0.05, 0) is 67.8 Å². The second-order valence-corrected chi connectivity index (χ2v) is 6.00. The molecule has 25 heavy (non-hydrogen) atoms. The number of nitro benzene ring substituents is 1. The number of nitriles is 1. The fourth-order valence-electron chi connectivity index (χ4n) is 2.71. The molecule has 1 heterocycles. The summed E-state index contributed by atoms with van der Waals surface area (Å²) >= 11 is 0. The molecule has 0 amide bonds. The summed E-state index contributed by atoms with van der Waals surface area (Å²) in [6.07, 6.45) is 1.68. The number of hydrogen-bond donors (Lipinski definition) is 0. The van der Waals surface area contributed by atoms with Crippen LogP contribution in [-0.2, 0) is 0 Å². The van der Waals surface area contributed by atoms with Crippen molar-refractivity contribution in [1.82, 2.24) is 0 Å². The van der Waals surface area contributed by atoms with Crippen LogP contribution in [0.3, 0.4) is 0 Å². The van der Waals surface area contributed by atoms with E-state index in [9.17, 15) is 15.4 Å². The maximum absolute atomic E-state index is 10.8. The molecular weight excluding hydrogens is 316 g/mol. The van der Waals surface area contributed by atoms with Crippen molar-refractivity contribution in [3.63, 3.8) is 0 Å². The number of benzene rings is 2. The molecule has 0 N–H and O–H groups in total. The van der Waals surface area contributed by atoms with Gasteiger partial charge in [0.2, 0.25) is 0 Å². The van der Waals surface area contributed by atoms with Gasteiger partial charge < -0.3 is 4.42 Å². The van der Waals surface area contributed by atoms with Crippen molar-refractivity contribution in [2.75, 3.05) is 0 Å². The molecule has 0 aliphatic carbocycles. The first kappa shape index (κ1) is 16.5. The molecule has 0 bridgehead atoms. The number of nitrogens with zero attached hydrogens (tertiary/aromatic N) is 2. The van der Waals surface area contributed by atoms with Gasteiger partial charge in [-0.15, -0.1) is 0 Å². The average molecular weight is 332 g/mol. The first-order chi connectivity index (χ1) is 11.9. The minimum Gasteiger partial charge on any atom is -0.456 e. The van der Waals surface area contributed by atoms with E-state index >= 15 is 0 Å². The number of allylic oxidation sites excluding steroid dienone is 1. The summed E-state index contributed by atoms with van der Waals surface area (Å²) < 4.78 is 5.91. The van der Waals surface area contributed by atoms with Crippen LogP contribution in [0.4, 0.5) is 5.69 Å². The SMILES string of the molecule is Cc1cc2oc(/C=C(\C#N)c3ccc([N+](=O)[O-])cc3)c(C)c2cc1C. The van der Waals surface area contributed by atoms with E-state index < -0.39 is 4.92 Å². The lowest BCUT2D eigenvalue weighted by molar-refractivity contribution is -0.384. The number of aryl methyl sites for hydroxylation is 3. The molecule has 1 aromatic heterocycles. The number of hydrogen-bond acceptors (Lipinski definition) is 4. The van der Waals surface area contributed by atoms with E-state index in [4.69, 9.17) is 4.42 Å². The van der Waals surface area contributed by atoms with Gasteiger partial charge in [-0.3, -0.25) is 10.1 Å². The van der Waals surface area contributed by atoms with Crippen LogP contribution in [0.15, 0.2) is 40.8 Å². The van der Waals surface area contributed by atoms with Crippen molar-refractivity contribution in [2.24, 2.45) is 0 Å². The van der Waals surface area contributed by atoms with Crippen LogP contribution in [0.25, 0.3) is 22.6 Å². The Bertz CT molecular complexity index is 1050. The Morgan fingerprint density at radius 3 is 2.40 bits per heavy atom. The summed E-state index contributed by atoms with van der Waals surface area (Å²) in [6.45, 7) is 6.03. The summed E-state index contributed by atoms with van der Waals surface area (Å²) in [7, 11) is 0. The third-order valence-electron chi connectivity index (χ3n) is 4.37. The third kappa shape index (κ3) is 3.02. The minimum absolute atomic E-state index is 0.00749. The molecule has 5 nitrogen and oxygen atoms in total. The molecule has 5 heteroatoms. The third-order valence-corrected chi connectivity index (χ3v) is 4.37. The van der Waals surface area contributed by atoms with Crippen molar-refractivity contribution in [3.05, 3.63) is 74.5 Å². The Morgan fingerprint density at radius 1 is 1.16 bits per heavy atom. The molecule has 0 unspecified atom stereocenters. The summed E-state index contributed by atoms with van der Waals surface area (Å²) in [5, 5.41) is 21.3. The molecule has 0 fully saturated rings. The van der Waals surface area contributed by atoms with Gasteiger partial charge in [0.15, 0.2) is 0 Å². The van der Waals surface area contributed by atoms with E-state index in [1.165, 1.54) is 17.7 Å². The molecule has 0 saturated carbocycles. The second kappa shape index (κ2) is 6.25. The van der Waals surface area contributed by atoms with Crippen molar-refractivity contribution in [1.29, 1.82) is 5.26 Å². The molecule has 0 atom stereocenters. The van der Waals surface area contributed by atoms with E-state index in [1.54, 1.807) is 18.2 Å². The van der Waals surface area contributed by atoms with Crippen molar-refractivity contribution in [3.8, 4) is 6.07 Å². The van der Waals surface area contributed by atoms with E-state index in [0.717, 1.165) is 22.1 Å². The van der Waals surface area contributed by atoms with Crippen LogP contribution >= 0.6 is 0 Å². The van der Waals surface area contributed by atoms with Gasteiger partial charge in [0.25, 0.3) is 5.69 Å². The number of non-ortho nitro benzene ring substituents is 1. The Balaban J connectivity index is 2.08. The quantitative estimate of drug-likeness (QED) is 0.369. The normalized spacial score (nSPS) is 11.5. The minimum atomic E-state index is -0.465. The number of fused-ring (bicyclic) bond motifs is 1. The summed E-state index contributed by atoms with van der Waals surface area (Å²) in [4.78, 5) is 10.3. The predicted molar refractivity (Wildman–Crippen MR) is 97.0 cm³/mol. The zero-order valence-electron chi connectivity index (χ0n) is 14.2. The maximum atomic E-state index is 10.8. The summed E-state index contributed by atoms with van der Waals surface area (Å²) in [6, 6.07) is 12.1. The highest BCUT2D eigenvalue weighted by molar-refractivity contribution is 5.93.